The molecular formula is C21H19N3O5. The topological polar surface area (TPSA) is 96.0 Å². The second-order valence-corrected chi connectivity index (χ2v) is 6.83. The molecule has 2 aromatic rings. The Kier molecular flexibility index (Phi) is 4.85. The molecule has 2 aliphatic rings. The Labute approximate surface area is 167 Å². The maximum Gasteiger partial charge on any atom is 0.261 e. The van der Waals surface area contributed by atoms with Crippen molar-refractivity contribution in [2.75, 3.05) is 38.7 Å². The average molecular weight is 393 g/mol. The van der Waals surface area contributed by atoms with E-state index in [1.54, 1.807) is 29.2 Å². The molecule has 148 valence electrons. The second-order valence-electron chi connectivity index (χ2n) is 6.83. The van der Waals surface area contributed by atoms with Crippen molar-refractivity contribution in [2.24, 2.45) is 0 Å². The molecule has 0 atom stereocenters. The van der Waals surface area contributed by atoms with Crippen molar-refractivity contribution >= 4 is 29.3 Å². The fourth-order valence-corrected chi connectivity index (χ4v) is 3.41. The number of hydrogen-bond donors (Lipinski definition) is 1. The van der Waals surface area contributed by atoms with Crippen molar-refractivity contribution in [1.82, 2.24) is 9.80 Å². The van der Waals surface area contributed by atoms with Gasteiger partial charge in [0, 0.05) is 25.7 Å². The lowest BCUT2D eigenvalue weighted by Crippen LogP contribution is -2.41. The number of para-hydroxylation sites is 1. The molecule has 8 heteroatoms. The molecule has 4 rings (SSSR count). The molecule has 0 saturated carbocycles. The zero-order chi connectivity index (χ0) is 20.5. The number of hydrogen-bond acceptors (Lipinski definition) is 5. The van der Waals surface area contributed by atoms with Crippen LogP contribution < -0.4 is 5.32 Å². The Morgan fingerprint density at radius 3 is 2.41 bits per heavy atom. The van der Waals surface area contributed by atoms with Crippen LogP contribution in [0.4, 0.5) is 5.69 Å². The third-order valence-corrected chi connectivity index (χ3v) is 5.06. The Morgan fingerprint density at radius 2 is 1.66 bits per heavy atom. The summed E-state index contributed by atoms with van der Waals surface area (Å²) in [5.41, 5.74) is 1.47. The van der Waals surface area contributed by atoms with Gasteiger partial charge in [-0.1, -0.05) is 12.1 Å². The van der Waals surface area contributed by atoms with E-state index < -0.39 is 17.7 Å². The predicted molar refractivity (Wildman–Crippen MR) is 104 cm³/mol. The minimum absolute atomic E-state index is 0.180. The van der Waals surface area contributed by atoms with Gasteiger partial charge < -0.3 is 15.0 Å². The van der Waals surface area contributed by atoms with Gasteiger partial charge in [0.15, 0.2) is 0 Å². The van der Waals surface area contributed by atoms with Crippen LogP contribution in [0.5, 0.6) is 0 Å². The number of carbonyl (C=O) groups is 4. The standard InChI is InChI=1S/C21H19N3O5/c1-23-19(26)14-7-6-13(12-16(14)20(23)27)18(25)22-17-5-3-2-4-15(17)21(28)24-8-10-29-11-9-24/h2-7,12H,8-11H2,1H3,(H,22,25). The predicted octanol–water partition coefficient (Wildman–Crippen LogP) is 1.64. The summed E-state index contributed by atoms with van der Waals surface area (Å²) < 4.78 is 5.28. The molecule has 0 spiro atoms. The summed E-state index contributed by atoms with van der Waals surface area (Å²) in [6, 6.07) is 11.1. The van der Waals surface area contributed by atoms with Crippen molar-refractivity contribution in [2.45, 2.75) is 0 Å². The molecular weight excluding hydrogens is 374 g/mol. The number of nitrogens with zero attached hydrogens (tertiary/aromatic N) is 2. The molecule has 2 aliphatic heterocycles. The van der Waals surface area contributed by atoms with Gasteiger partial charge in [-0.2, -0.15) is 0 Å². The summed E-state index contributed by atoms with van der Waals surface area (Å²) in [7, 11) is 1.40. The van der Waals surface area contributed by atoms with Gasteiger partial charge >= 0.3 is 0 Å². The van der Waals surface area contributed by atoms with Crippen LogP contribution in [0, 0.1) is 0 Å². The number of amides is 4. The number of nitrogens with one attached hydrogen (secondary N) is 1. The molecule has 8 nitrogen and oxygen atoms in total. The number of fused-ring (bicyclic) bond motifs is 1. The second kappa shape index (κ2) is 7.48. The zero-order valence-corrected chi connectivity index (χ0v) is 15.8. The minimum atomic E-state index is -0.468. The Balaban J connectivity index is 1.58. The largest absolute Gasteiger partial charge is 0.378 e. The van der Waals surface area contributed by atoms with E-state index in [0.29, 0.717) is 37.6 Å². The molecule has 4 amide bonds. The van der Waals surface area contributed by atoms with Crippen LogP contribution in [0.3, 0.4) is 0 Å². The van der Waals surface area contributed by atoms with Crippen LogP contribution in [0.2, 0.25) is 0 Å². The van der Waals surface area contributed by atoms with Crippen LogP contribution in [0.1, 0.15) is 41.4 Å². The number of ether oxygens (including phenoxy) is 1. The first kappa shape index (κ1) is 18.8. The summed E-state index contributed by atoms with van der Waals surface area (Å²) in [4.78, 5) is 52.5. The number of carbonyl (C=O) groups excluding carboxylic acids is 4. The maximum absolute atomic E-state index is 12.8. The van der Waals surface area contributed by atoms with Gasteiger partial charge in [0.1, 0.15) is 0 Å². The first-order valence-corrected chi connectivity index (χ1v) is 9.21. The van der Waals surface area contributed by atoms with E-state index in [0.717, 1.165) is 4.90 Å². The van der Waals surface area contributed by atoms with Crippen molar-refractivity contribution in [3.8, 4) is 0 Å². The maximum atomic E-state index is 12.8. The summed E-state index contributed by atoms with van der Waals surface area (Å²) in [6.07, 6.45) is 0. The lowest BCUT2D eigenvalue weighted by atomic mass is 10.0. The molecule has 0 bridgehead atoms. The van der Waals surface area contributed by atoms with E-state index in [9.17, 15) is 19.2 Å². The van der Waals surface area contributed by atoms with Gasteiger partial charge in [0.25, 0.3) is 23.6 Å². The van der Waals surface area contributed by atoms with Crippen LogP contribution in [-0.4, -0.2) is 66.8 Å². The molecule has 2 heterocycles. The van der Waals surface area contributed by atoms with Gasteiger partial charge in [0.05, 0.1) is 35.6 Å². The first-order valence-electron chi connectivity index (χ1n) is 9.21. The Hall–Kier alpha value is -3.52. The van der Waals surface area contributed by atoms with Crippen molar-refractivity contribution in [3.63, 3.8) is 0 Å². The monoisotopic (exact) mass is 393 g/mol. The van der Waals surface area contributed by atoms with Crippen LogP contribution in [-0.2, 0) is 4.74 Å². The number of anilines is 1. The van der Waals surface area contributed by atoms with E-state index in [-0.39, 0.29) is 22.6 Å². The molecule has 0 radical (unpaired) electrons. The van der Waals surface area contributed by atoms with Gasteiger partial charge in [-0.3, -0.25) is 24.1 Å². The molecule has 0 aliphatic carbocycles. The third kappa shape index (κ3) is 3.38. The van der Waals surface area contributed by atoms with E-state index in [4.69, 9.17) is 4.74 Å². The van der Waals surface area contributed by atoms with Gasteiger partial charge in [0.2, 0.25) is 0 Å². The minimum Gasteiger partial charge on any atom is -0.378 e. The molecule has 0 aromatic heterocycles. The van der Waals surface area contributed by atoms with Crippen LogP contribution >= 0.6 is 0 Å². The quantitative estimate of drug-likeness (QED) is 0.800. The van der Waals surface area contributed by atoms with Crippen LogP contribution in [0.15, 0.2) is 42.5 Å². The third-order valence-electron chi connectivity index (χ3n) is 5.06. The van der Waals surface area contributed by atoms with Gasteiger partial charge in [-0.25, -0.2) is 0 Å². The van der Waals surface area contributed by atoms with Crippen molar-refractivity contribution < 1.29 is 23.9 Å². The molecule has 2 aromatic carbocycles. The van der Waals surface area contributed by atoms with Gasteiger partial charge in [-0.05, 0) is 30.3 Å². The van der Waals surface area contributed by atoms with E-state index in [1.807, 2.05) is 0 Å². The number of morpholine rings is 1. The molecule has 29 heavy (non-hydrogen) atoms. The van der Waals surface area contributed by atoms with Gasteiger partial charge in [-0.15, -0.1) is 0 Å². The molecule has 0 unspecified atom stereocenters. The lowest BCUT2D eigenvalue weighted by Gasteiger charge is -2.27. The fraction of sp³-hybridized carbons (Fsp3) is 0.238. The Morgan fingerprint density at radius 1 is 0.966 bits per heavy atom. The number of benzene rings is 2. The van der Waals surface area contributed by atoms with E-state index in [1.165, 1.54) is 25.2 Å². The van der Waals surface area contributed by atoms with E-state index >= 15 is 0 Å². The average Bonchev–Trinajstić information content (AvgIpc) is 2.98. The number of imide groups is 1. The summed E-state index contributed by atoms with van der Waals surface area (Å²) in [5, 5.41) is 2.75. The SMILES string of the molecule is CN1C(=O)c2ccc(C(=O)Nc3ccccc3C(=O)N3CCOCC3)cc2C1=O. The zero-order valence-electron chi connectivity index (χ0n) is 15.8. The fourth-order valence-electron chi connectivity index (χ4n) is 3.41. The van der Waals surface area contributed by atoms with Crippen LogP contribution in [0.25, 0.3) is 0 Å². The summed E-state index contributed by atoms with van der Waals surface area (Å²) in [5.74, 6) is -1.48. The smallest absolute Gasteiger partial charge is 0.261 e. The highest BCUT2D eigenvalue weighted by molar-refractivity contribution is 6.22. The highest BCUT2D eigenvalue weighted by Crippen LogP contribution is 2.24. The van der Waals surface area contributed by atoms with Crippen molar-refractivity contribution in [3.05, 3.63) is 64.7 Å². The summed E-state index contributed by atoms with van der Waals surface area (Å²) >= 11 is 0. The summed E-state index contributed by atoms with van der Waals surface area (Å²) in [6.45, 7) is 1.96. The Bertz CT molecular complexity index is 1030. The first-order chi connectivity index (χ1) is 14.0. The van der Waals surface area contributed by atoms with E-state index in [2.05, 4.69) is 5.32 Å². The highest BCUT2D eigenvalue weighted by atomic mass is 16.5. The molecule has 1 saturated heterocycles. The molecule has 1 fully saturated rings. The normalized spacial score (nSPS) is 16.0. The number of rotatable bonds is 3. The lowest BCUT2D eigenvalue weighted by molar-refractivity contribution is 0.0303. The molecule has 1 N–H and O–H groups in total. The highest BCUT2D eigenvalue weighted by Gasteiger charge is 2.33. The van der Waals surface area contributed by atoms with Crippen molar-refractivity contribution in [1.29, 1.82) is 0 Å².